The molecule has 0 spiro atoms. The Labute approximate surface area is 87.0 Å². The molecule has 0 amide bonds. The summed E-state index contributed by atoms with van der Waals surface area (Å²) in [6.45, 7) is 0. The molecule has 3 N–H and O–H groups in total. The molecule has 74 valence electrons. The van der Waals surface area contributed by atoms with Crippen molar-refractivity contribution in [1.29, 1.82) is 0 Å². The van der Waals surface area contributed by atoms with E-state index in [4.69, 9.17) is 12.3 Å². The molecule has 1 atom stereocenters. The third kappa shape index (κ3) is 3.38. The standard InChI is InChI=1S/C10H11FN2S/c1-2-9(13-12)7-14-10-5-3-8(11)4-6-10/h1,3-6,9,13H,7,12H2. The van der Waals surface area contributed by atoms with Crippen molar-refractivity contribution < 1.29 is 4.39 Å². The van der Waals surface area contributed by atoms with Gasteiger partial charge in [0.05, 0.1) is 6.04 Å². The average molecular weight is 210 g/mol. The molecule has 0 aliphatic carbocycles. The minimum atomic E-state index is -0.236. The Hall–Kier alpha value is -1.02. The lowest BCUT2D eigenvalue weighted by Gasteiger charge is -2.07. The third-order valence-corrected chi connectivity index (χ3v) is 2.74. The molecule has 0 radical (unpaired) electrons. The van der Waals surface area contributed by atoms with E-state index in [1.807, 2.05) is 0 Å². The second-order valence-electron chi connectivity index (χ2n) is 2.65. The van der Waals surface area contributed by atoms with E-state index in [0.29, 0.717) is 5.75 Å². The van der Waals surface area contributed by atoms with Gasteiger partial charge in [-0.05, 0) is 24.3 Å². The van der Waals surface area contributed by atoms with E-state index >= 15 is 0 Å². The molecule has 2 nitrogen and oxygen atoms in total. The van der Waals surface area contributed by atoms with E-state index in [1.165, 1.54) is 23.9 Å². The Morgan fingerprint density at radius 1 is 1.50 bits per heavy atom. The summed E-state index contributed by atoms with van der Waals surface area (Å²) in [7, 11) is 0. The molecule has 0 aliphatic heterocycles. The average Bonchev–Trinajstić information content (AvgIpc) is 2.22. The zero-order valence-electron chi connectivity index (χ0n) is 7.53. The Morgan fingerprint density at radius 2 is 2.14 bits per heavy atom. The van der Waals surface area contributed by atoms with Gasteiger partial charge in [0.1, 0.15) is 5.82 Å². The summed E-state index contributed by atoms with van der Waals surface area (Å²) in [5.41, 5.74) is 2.50. The topological polar surface area (TPSA) is 38.0 Å². The van der Waals surface area contributed by atoms with Crippen LogP contribution in [0.25, 0.3) is 0 Å². The Kier molecular flexibility index (Phi) is 4.47. The molecule has 1 aromatic rings. The largest absolute Gasteiger partial charge is 0.270 e. The van der Waals surface area contributed by atoms with Gasteiger partial charge in [-0.1, -0.05) is 5.92 Å². The van der Waals surface area contributed by atoms with Gasteiger partial charge >= 0.3 is 0 Å². The molecule has 1 aromatic carbocycles. The van der Waals surface area contributed by atoms with Gasteiger partial charge in [0.25, 0.3) is 0 Å². The van der Waals surface area contributed by atoms with Crippen molar-refractivity contribution in [1.82, 2.24) is 5.43 Å². The minimum absolute atomic E-state index is 0.162. The van der Waals surface area contributed by atoms with Crippen molar-refractivity contribution in [2.45, 2.75) is 10.9 Å². The van der Waals surface area contributed by atoms with Gasteiger partial charge in [-0.2, -0.15) is 0 Å². The van der Waals surface area contributed by atoms with Crippen LogP contribution in [-0.4, -0.2) is 11.8 Å². The number of hydrazine groups is 1. The maximum atomic E-state index is 12.5. The highest BCUT2D eigenvalue weighted by atomic mass is 32.2. The second kappa shape index (κ2) is 5.66. The monoisotopic (exact) mass is 210 g/mol. The lowest BCUT2D eigenvalue weighted by molar-refractivity contribution is 0.626. The van der Waals surface area contributed by atoms with Crippen LogP contribution in [0.2, 0.25) is 0 Å². The molecule has 14 heavy (non-hydrogen) atoms. The van der Waals surface area contributed by atoms with Crippen molar-refractivity contribution in [3.8, 4) is 12.3 Å². The molecule has 1 unspecified atom stereocenters. The van der Waals surface area contributed by atoms with Gasteiger partial charge in [-0.15, -0.1) is 18.2 Å². The predicted molar refractivity (Wildman–Crippen MR) is 57.1 cm³/mol. The number of hydrogen-bond acceptors (Lipinski definition) is 3. The molecule has 1 rings (SSSR count). The van der Waals surface area contributed by atoms with Crippen molar-refractivity contribution >= 4 is 11.8 Å². The number of thioether (sulfide) groups is 1. The molecular formula is C10H11FN2S. The van der Waals surface area contributed by atoms with E-state index in [1.54, 1.807) is 12.1 Å². The first-order valence-corrected chi connectivity index (χ1v) is 5.05. The summed E-state index contributed by atoms with van der Waals surface area (Å²) in [5, 5.41) is 0. The van der Waals surface area contributed by atoms with Crippen LogP contribution in [0.15, 0.2) is 29.2 Å². The van der Waals surface area contributed by atoms with Gasteiger partial charge < -0.3 is 0 Å². The number of terminal acetylenes is 1. The molecule has 0 aromatic heterocycles. The maximum absolute atomic E-state index is 12.5. The van der Waals surface area contributed by atoms with Crippen molar-refractivity contribution in [3.63, 3.8) is 0 Å². The molecule has 0 heterocycles. The van der Waals surface area contributed by atoms with Crippen LogP contribution in [-0.2, 0) is 0 Å². The number of halogens is 1. The Morgan fingerprint density at radius 3 is 2.64 bits per heavy atom. The SMILES string of the molecule is C#CC(CSc1ccc(F)cc1)NN. The van der Waals surface area contributed by atoms with Crippen LogP contribution in [0, 0.1) is 18.2 Å². The fraction of sp³-hybridized carbons (Fsp3) is 0.200. The summed E-state index contributed by atoms with van der Waals surface area (Å²) in [5.74, 6) is 8.14. The Bertz CT molecular complexity index is 318. The van der Waals surface area contributed by atoms with E-state index < -0.39 is 0 Å². The molecule has 0 saturated carbocycles. The van der Waals surface area contributed by atoms with Crippen LogP contribution < -0.4 is 11.3 Å². The quantitative estimate of drug-likeness (QED) is 0.341. The van der Waals surface area contributed by atoms with E-state index in [9.17, 15) is 4.39 Å². The highest BCUT2D eigenvalue weighted by Crippen LogP contribution is 2.18. The lowest BCUT2D eigenvalue weighted by atomic mass is 10.3. The number of nitrogens with two attached hydrogens (primary N) is 1. The molecule has 0 fully saturated rings. The van der Waals surface area contributed by atoms with Crippen LogP contribution in [0.3, 0.4) is 0 Å². The van der Waals surface area contributed by atoms with Crippen LogP contribution in [0.5, 0.6) is 0 Å². The number of nitrogens with one attached hydrogen (secondary N) is 1. The molecule has 0 saturated heterocycles. The van der Waals surface area contributed by atoms with E-state index in [2.05, 4.69) is 11.3 Å². The first-order chi connectivity index (χ1) is 6.76. The predicted octanol–water partition coefficient (Wildman–Crippen LogP) is 1.38. The van der Waals surface area contributed by atoms with Crippen molar-refractivity contribution in [3.05, 3.63) is 30.1 Å². The first kappa shape index (κ1) is 11.1. The molecule has 4 heteroatoms. The summed E-state index contributed by atoms with van der Waals surface area (Å²) in [4.78, 5) is 0.974. The van der Waals surface area contributed by atoms with Gasteiger partial charge in [0.2, 0.25) is 0 Å². The van der Waals surface area contributed by atoms with Gasteiger partial charge in [-0.3, -0.25) is 5.84 Å². The lowest BCUT2D eigenvalue weighted by Crippen LogP contribution is -2.35. The molecular weight excluding hydrogens is 199 g/mol. The third-order valence-electron chi connectivity index (χ3n) is 1.63. The number of rotatable bonds is 4. The highest BCUT2D eigenvalue weighted by molar-refractivity contribution is 7.99. The van der Waals surface area contributed by atoms with Gasteiger partial charge in [0, 0.05) is 10.6 Å². The smallest absolute Gasteiger partial charge is 0.123 e. The number of hydrogen-bond donors (Lipinski definition) is 2. The maximum Gasteiger partial charge on any atom is 0.123 e. The molecule has 0 bridgehead atoms. The summed E-state index contributed by atoms with van der Waals surface area (Å²) in [6.07, 6.45) is 5.21. The van der Waals surface area contributed by atoms with E-state index in [0.717, 1.165) is 4.90 Å². The van der Waals surface area contributed by atoms with Crippen LogP contribution >= 0.6 is 11.8 Å². The van der Waals surface area contributed by atoms with Crippen molar-refractivity contribution in [2.75, 3.05) is 5.75 Å². The zero-order valence-corrected chi connectivity index (χ0v) is 8.35. The molecule has 0 aliphatic rings. The summed E-state index contributed by atoms with van der Waals surface area (Å²) >= 11 is 1.53. The normalized spacial score (nSPS) is 12.1. The minimum Gasteiger partial charge on any atom is -0.270 e. The first-order valence-electron chi connectivity index (χ1n) is 4.07. The second-order valence-corrected chi connectivity index (χ2v) is 3.74. The van der Waals surface area contributed by atoms with Gasteiger partial charge in [0.15, 0.2) is 0 Å². The fourth-order valence-corrected chi connectivity index (χ4v) is 1.73. The fourth-order valence-electron chi connectivity index (χ4n) is 0.855. The summed E-state index contributed by atoms with van der Waals surface area (Å²) < 4.78 is 12.5. The highest BCUT2D eigenvalue weighted by Gasteiger charge is 2.02. The van der Waals surface area contributed by atoms with Crippen LogP contribution in [0.1, 0.15) is 0 Å². The van der Waals surface area contributed by atoms with Crippen LogP contribution in [0.4, 0.5) is 4.39 Å². The number of benzene rings is 1. The van der Waals surface area contributed by atoms with E-state index in [-0.39, 0.29) is 11.9 Å². The summed E-state index contributed by atoms with van der Waals surface area (Å²) in [6, 6.07) is 6.10. The van der Waals surface area contributed by atoms with Crippen molar-refractivity contribution in [2.24, 2.45) is 5.84 Å². The van der Waals surface area contributed by atoms with Gasteiger partial charge in [-0.25, -0.2) is 9.82 Å². The Balaban J connectivity index is 2.46. The zero-order chi connectivity index (χ0) is 10.4.